The molecule has 0 aliphatic rings. The highest BCUT2D eigenvalue weighted by Gasteiger charge is 2.13. The maximum absolute atomic E-state index is 13.8. The lowest BCUT2D eigenvalue weighted by molar-refractivity contribution is 0.587. The molecule has 0 aliphatic heterocycles. The van der Waals surface area contributed by atoms with Gasteiger partial charge in [-0.15, -0.1) is 0 Å². The van der Waals surface area contributed by atoms with E-state index in [-0.39, 0.29) is 11.9 Å². The third-order valence-corrected chi connectivity index (χ3v) is 3.43. The van der Waals surface area contributed by atoms with Gasteiger partial charge >= 0.3 is 0 Å². The first-order valence-electron chi connectivity index (χ1n) is 6.36. The van der Waals surface area contributed by atoms with E-state index in [2.05, 4.69) is 5.32 Å². The van der Waals surface area contributed by atoms with Gasteiger partial charge in [0.1, 0.15) is 11.9 Å². The second kappa shape index (κ2) is 6.40. The maximum Gasteiger partial charge on any atom is 0.128 e. The topological polar surface area (TPSA) is 35.8 Å². The number of hydrogen-bond donors (Lipinski definition) is 1. The Bertz CT molecular complexity index is 649. The number of nitrogens with one attached hydrogen (secondary N) is 1. The van der Waals surface area contributed by atoms with E-state index in [1.165, 1.54) is 6.07 Å². The molecule has 0 spiro atoms. The summed E-state index contributed by atoms with van der Waals surface area (Å²) in [6, 6.07) is 13.7. The van der Waals surface area contributed by atoms with Crippen molar-refractivity contribution in [3.63, 3.8) is 0 Å². The maximum atomic E-state index is 13.8. The number of nitrogens with zero attached hydrogens (tertiary/aromatic N) is 1. The van der Waals surface area contributed by atoms with E-state index in [0.29, 0.717) is 16.1 Å². The molecular formula is C16H14ClFN2. The lowest BCUT2D eigenvalue weighted by atomic mass is 10.0. The third kappa shape index (κ3) is 3.09. The van der Waals surface area contributed by atoms with E-state index >= 15 is 0 Å². The molecule has 1 unspecified atom stereocenters. The van der Waals surface area contributed by atoms with E-state index in [1.807, 2.05) is 19.1 Å². The van der Waals surface area contributed by atoms with E-state index < -0.39 is 0 Å². The highest BCUT2D eigenvalue weighted by Crippen LogP contribution is 2.27. The Morgan fingerprint density at radius 2 is 2.05 bits per heavy atom. The summed E-state index contributed by atoms with van der Waals surface area (Å²) < 4.78 is 13.8. The highest BCUT2D eigenvalue weighted by atomic mass is 35.5. The molecule has 0 bridgehead atoms. The molecule has 0 amide bonds. The van der Waals surface area contributed by atoms with Gasteiger partial charge in [-0.05, 0) is 30.7 Å². The Morgan fingerprint density at radius 3 is 2.65 bits per heavy atom. The summed E-state index contributed by atoms with van der Waals surface area (Å²) >= 11 is 6.00. The third-order valence-electron chi connectivity index (χ3n) is 3.12. The van der Waals surface area contributed by atoms with Crippen molar-refractivity contribution in [3.05, 3.63) is 64.4 Å². The Balaban J connectivity index is 2.25. The monoisotopic (exact) mass is 288 g/mol. The molecule has 0 aliphatic carbocycles. The Labute approximate surface area is 122 Å². The largest absolute Gasteiger partial charge is 0.378 e. The highest BCUT2D eigenvalue weighted by molar-refractivity contribution is 6.32. The molecule has 4 heteroatoms. The van der Waals surface area contributed by atoms with Gasteiger partial charge in [0.15, 0.2) is 0 Å². The molecule has 2 nitrogen and oxygen atoms in total. The minimum absolute atomic E-state index is 0.139. The second-order valence-electron chi connectivity index (χ2n) is 4.43. The van der Waals surface area contributed by atoms with Crippen LogP contribution < -0.4 is 5.32 Å². The van der Waals surface area contributed by atoms with E-state index in [1.54, 1.807) is 30.3 Å². The van der Waals surface area contributed by atoms with Crippen LogP contribution in [0.2, 0.25) is 5.02 Å². The Kier molecular flexibility index (Phi) is 4.60. The molecule has 0 fully saturated rings. The van der Waals surface area contributed by atoms with Gasteiger partial charge in [0, 0.05) is 11.3 Å². The van der Waals surface area contributed by atoms with Gasteiger partial charge in [0.05, 0.1) is 16.6 Å². The molecule has 2 aromatic rings. The molecule has 0 heterocycles. The SMILES string of the molecule is CCC(Nc1ccc(C#N)c(Cl)c1)c1ccccc1F. The van der Waals surface area contributed by atoms with Crippen LogP contribution in [0.1, 0.15) is 30.5 Å². The molecule has 102 valence electrons. The molecule has 0 radical (unpaired) electrons. The van der Waals surface area contributed by atoms with Crippen LogP contribution in [0.15, 0.2) is 42.5 Å². The van der Waals surface area contributed by atoms with Gasteiger partial charge in [0.2, 0.25) is 0 Å². The summed E-state index contributed by atoms with van der Waals surface area (Å²) in [7, 11) is 0. The fraction of sp³-hybridized carbons (Fsp3) is 0.188. The van der Waals surface area contributed by atoms with Gasteiger partial charge in [-0.2, -0.15) is 5.26 Å². The van der Waals surface area contributed by atoms with Crippen molar-refractivity contribution in [3.8, 4) is 6.07 Å². The van der Waals surface area contributed by atoms with Crippen molar-refractivity contribution >= 4 is 17.3 Å². The van der Waals surface area contributed by atoms with Crippen molar-refractivity contribution in [2.75, 3.05) is 5.32 Å². The number of benzene rings is 2. The van der Waals surface area contributed by atoms with Crippen molar-refractivity contribution in [2.45, 2.75) is 19.4 Å². The average Bonchev–Trinajstić information content (AvgIpc) is 2.46. The van der Waals surface area contributed by atoms with Crippen molar-refractivity contribution in [1.29, 1.82) is 5.26 Å². The zero-order chi connectivity index (χ0) is 14.5. The lowest BCUT2D eigenvalue weighted by Crippen LogP contribution is -2.11. The lowest BCUT2D eigenvalue weighted by Gasteiger charge is -2.19. The van der Waals surface area contributed by atoms with Crippen molar-refractivity contribution < 1.29 is 4.39 Å². The van der Waals surface area contributed by atoms with Crippen molar-refractivity contribution in [2.24, 2.45) is 0 Å². The average molecular weight is 289 g/mol. The fourth-order valence-electron chi connectivity index (χ4n) is 2.05. The summed E-state index contributed by atoms with van der Waals surface area (Å²) in [5.74, 6) is -0.230. The molecular weight excluding hydrogens is 275 g/mol. The molecule has 1 N–H and O–H groups in total. The van der Waals surface area contributed by atoms with Crippen LogP contribution in [0.3, 0.4) is 0 Å². The zero-order valence-electron chi connectivity index (χ0n) is 11.0. The van der Waals surface area contributed by atoms with Crippen LogP contribution in [-0.2, 0) is 0 Å². The quantitative estimate of drug-likeness (QED) is 0.867. The number of hydrogen-bond acceptors (Lipinski definition) is 2. The summed E-state index contributed by atoms with van der Waals surface area (Å²) in [6.45, 7) is 1.98. The van der Waals surface area contributed by atoms with Crippen molar-refractivity contribution in [1.82, 2.24) is 0 Å². The molecule has 2 rings (SSSR count). The molecule has 0 saturated heterocycles. The van der Waals surface area contributed by atoms with Gasteiger partial charge in [-0.1, -0.05) is 36.7 Å². The van der Waals surface area contributed by atoms with Crippen LogP contribution in [0, 0.1) is 17.1 Å². The van der Waals surface area contributed by atoms with Gasteiger partial charge in [-0.25, -0.2) is 4.39 Å². The van der Waals surface area contributed by atoms with Gasteiger partial charge in [-0.3, -0.25) is 0 Å². The number of anilines is 1. The molecule has 20 heavy (non-hydrogen) atoms. The Morgan fingerprint density at radius 1 is 1.30 bits per heavy atom. The number of halogens is 2. The zero-order valence-corrected chi connectivity index (χ0v) is 11.8. The van der Waals surface area contributed by atoms with Crippen LogP contribution in [0.4, 0.5) is 10.1 Å². The second-order valence-corrected chi connectivity index (χ2v) is 4.84. The van der Waals surface area contributed by atoms with E-state index in [9.17, 15) is 4.39 Å². The van der Waals surface area contributed by atoms with Crippen LogP contribution in [0.5, 0.6) is 0 Å². The van der Waals surface area contributed by atoms with Crippen LogP contribution >= 0.6 is 11.6 Å². The number of rotatable bonds is 4. The normalized spacial score (nSPS) is 11.7. The molecule has 0 saturated carbocycles. The fourth-order valence-corrected chi connectivity index (χ4v) is 2.28. The minimum Gasteiger partial charge on any atom is -0.378 e. The standard InChI is InChI=1S/C16H14ClFN2/c1-2-16(13-5-3-4-6-15(13)18)20-12-8-7-11(10-19)14(17)9-12/h3-9,16,20H,2H2,1H3. The summed E-state index contributed by atoms with van der Waals surface area (Å²) in [5.41, 5.74) is 1.82. The summed E-state index contributed by atoms with van der Waals surface area (Å²) in [5, 5.41) is 12.5. The van der Waals surface area contributed by atoms with Crippen LogP contribution in [-0.4, -0.2) is 0 Å². The van der Waals surface area contributed by atoms with E-state index in [0.717, 1.165) is 12.1 Å². The smallest absolute Gasteiger partial charge is 0.128 e. The van der Waals surface area contributed by atoms with Gasteiger partial charge < -0.3 is 5.32 Å². The first-order valence-corrected chi connectivity index (χ1v) is 6.74. The number of nitriles is 1. The first-order chi connectivity index (χ1) is 9.65. The molecule has 1 atom stereocenters. The van der Waals surface area contributed by atoms with Crippen LogP contribution in [0.25, 0.3) is 0 Å². The first kappa shape index (κ1) is 14.4. The Hall–Kier alpha value is -2.05. The van der Waals surface area contributed by atoms with E-state index in [4.69, 9.17) is 16.9 Å². The predicted molar refractivity (Wildman–Crippen MR) is 79.2 cm³/mol. The molecule has 2 aromatic carbocycles. The van der Waals surface area contributed by atoms with Gasteiger partial charge in [0.25, 0.3) is 0 Å². The summed E-state index contributed by atoms with van der Waals surface area (Å²) in [6.07, 6.45) is 0.735. The summed E-state index contributed by atoms with van der Waals surface area (Å²) in [4.78, 5) is 0. The molecule has 0 aromatic heterocycles. The predicted octanol–water partition coefficient (Wildman–Crippen LogP) is 4.91. The minimum atomic E-state index is -0.230.